The maximum atomic E-state index is 12.8. The molecular weight excluding hydrogens is 318 g/mol. The van der Waals surface area contributed by atoms with Crippen LogP contribution in [0.4, 0.5) is 0 Å². The van der Waals surface area contributed by atoms with Crippen molar-refractivity contribution in [1.82, 2.24) is 15.2 Å². The average Bonchev–Trinajstić information content (AvgIpc) is 3.31. The summed E-state index contributed by atoms with van der Waals surface area (Å²) in [6.07, 6.45) is 6.30. The Bertz CT molecular complexity index is 689. The molecule has 1 amide bonds. The van der Waals surface area contributed by atoms with Gasteiger partial charge in [-0.05, 0) is 24.6 Å². The van der Waals surface area contributed by atoms with Crippen LogP contribution in [0.2, 0.25) is 0 Å². The molecule has 0 aromatic carbocycles. The van der Waals surface area contributed by atoms with E-state index < -0.39 is 0 Å². The Labute approximate surface area is 147 Å². The highest BCUT2D eigenvalue weighted by Gasteiger charge is 2.43. The normalized spacial score (nSPS) is 26.3. The van der Waals surface area contributed by atoms with E-state index in [1.165, 1.54) is 0 Å². The fourth-order valence-electron chi connectivity index (χ4n) is 3.91. The van der Waals surface area contributed by atoms with E-state index in [1.54, 1.807) is 18.7 Å². The molecule has 2 aliphatic rings. The minimum absolute atomic E-state index is 0.0446. The fourth-order valence-corrected chi connectivity index (χ4v) is 3.91. The van der Waals surface area contributed by atoms with Gasteiger partial charge in [0.25, 0.3) is 0 Å². The molecular formula is C19H23N3O3. The minimum Gasteiger partial charge on any atom is -0.472 e. The van der Waals surface area contributed by atoms with Crippen molar-refractivity contribution in [2.24, 2.45) is 11.8 Å². The maximum absolute atomic E-state index is 12.8. The molecule has 2 aliphatic heterocycles. The number of hydrogen-bond acceptors (Lipinski definition) is 5. The van der Waals surface area contributed by atoms with Crippen LogP contribution < -0.4 is 5.32 Å². The number of nitrogens with zero attached hydrogens (tertiary/aromatic N) is 2. The van der Waals surface area contributed by atoms with Crippen LogP contribution in [-0.4, -0.2) is 41.6 Å². The third-order valence-electron chi connectivity index (χ3n) is 5.16. The lowest BCUT2D eigenvalue weighted by molar-refractivity contribution is -0.131. The third kappa shape index (κ3) is 3.75. The van der Waals surface area contributed by atoms with Crippen LogP contribution in [-0.2, 0) is 22.6 Å². The Morgan fingerprint density at radius 1 is 1.32 bits per heavy atom. The van der Waals surface area contributed by atoms with E-state index in [0.717, 1.165) is 43.9 Å². The summed E-state index contributed by atoms with van der Waals surface area (Å²) >= 11 is 0. The molecule has 2 aromatic heterocycles. The largest absolute Gasteiger partial charge is 0.472 e. The highest BCUT2D eigenvalue weighted by molar-refractivity contribution is 5.79. The second kappa shape index (κ2) is 7.37. The molecule has 0 radical (unpaired) electrons. The first-order valence-electron chi connectivity index (χ1n) is 8.82. The lowest BCUT2D eigenvalue weighted by atomic mass is 9.82. The first kappa shape index (κ1) is 16.3. The van der Waals surface area contributed by atoms with E-state index in [1.807, 2.05) is 24.3 Å². The van der Waals surface area contributed by atoms with Crippen LogP contribution in [0, 0.1) is 11.8 Å². The summed E-state index contributed by atoms with van der Waals surface area (Å²) in [7, 11) is 0. The van der Waals surface area contributed by atoms with Gasteiger partial charge in [-0.3, -0.25) is 14.7 Å². The highest BCUT2D eigenvalue weighted by atomic mass is 16.5. The van der Waals surface area contributed by atoms with Gasteiger partial charge in [-0.1, -0.05) is 6.07 Å². The Balaban J connectivity index is 1.41. The van der Waals surface area contributed by atoms with Crippen molar-refractivity contribution >= 4 is 5.91 Å². The molecule has 132 valence electrons. The highest BCUT2D eigenvalue weighted by Crippen LogP contribution is 2.34. The van der Waals surface area contributed by atoms with Crippen molar-refractivity contribution in [3.63, 3.8) is 0 Å². The molecule has 0 bridgehead atoms. The molecule has 0 spiro atoms. The molecule has 6 nitrogen and oxygen atoms in total. The van der Waals surface area contributed by atoms with Crippen LogP contribution >= 0.6 is 0 Å². The van der Waals surface area contributed by atoms with Crippen LogP contribution in [0.15, 0.2) is 47.4 Å². The summed E-state index contributed by atoms with van der Waals surface area (Å²) in [5.74, 6) is 0.365. The Hall–Kier alpha value is -2.18. The molecule has 0 unspecified atom stereocenters. The van der Waals surface area contributed by atoms with Crippen molar-refractivity contribution in [3.8, 4) is 0 Å². The monoisotopic (exact) mass is 341 g/mol. The van der Waals surface area contributed by atoms with Crippen molar-refractivity contribution < 1.29 is 13.9 Å². The number of pyridine rings is 1. The zero-order valence-corrected chi connectivity index (χ0v) is 14.1. The van der Waals surface area contributed by atoms with Crippen LogP contribution in [0.1, 0.15) is 17.7 Å². The number of aromatic nitrogens is 1. The van der Waals surface area contributed by atoms with E-state index in [2.05, 4.69) is 15.2 Å². The molecule has 4 rings (SSSR count). The van der Waals surface area contributed by atoms with Gasteiger partial charge < -0.3 is 14.5 Å². The summed E-state index contributed by atoms with van der Waals surface area (Å²) in [4.78, 5) is 19.4. The standard InChI is InChI=1S/C19H23N3O3/c23-19(21-9-15-3-1-2-6-20-15)17-11-22(10-14-4-7-24-13-14)12-18-16(17)5-8-25-18/h1-4,6-7,13,16-18H,5,8-12H2,(H,21,23)/t16-,17-,18+/m0/s1. The Morgan fingerprint density at radius 2 is 2.28 bits per heavy atom. The SMILES string of the molecule is O=C(NCc1ccccn1)[C@H]1CN(Cc2ccoc2)C[C@H]2OCC[C@@H]12. The van der Waals surface area contributed by atoms with Gasteiger partial charge in [-0.2, -0.15) is 0 Å². The van der Waals surface area contributed by atoms with Gasteiger partial charge in [0.05, 0.1) is 36.8 Å². The first-order chi connectivity index (χ1) is 12.3. The van der Waals surface area contributed by atoms with Crippen molar-refractivity contribution in [2.45, 2.75) is 25.6 Å². The molecule has 1 N–H and O–H groups in total. The van der Waals surface area contributed by atoms with Crippen LogP contribution in [0.3, 0.4) is 0 Å². The van der Waals surface area contributed by atoms with Gasteiger partial charge in [-0.15, -0.1) is 0 Å². The average molecular weight is 341 g/mol. The second-order valence-electron chi connectivity index (χ2n) is 6.83. The van der Waals surface area contributed by atoms with Gasteiger partial charge in [0.2, 0.25) is 5.91 Å². The molecule has 0 saturated carbocycles. The van der Waals surface area contributed by atoms with Gasteiger partial charge in [0.1, 0.15) is 0 Å². The molecule has 2 fully saturated rings. The molecule has 3 atom stereocenters. The van der Waals surface area contributed by atoms with Gasteiger partial charge in [-0.25, -0.2) is 0 Å². The van der Waals surface area contributed by atoms with E-state index in [0.29, 0.717) is 12.5 Å². The summed E-state index contributed by atoms with van der Waals surface area (Å²) in [6.45, 7) is 3.63. The quantitative estimate of drug-likeness (QED) is 0.899. The number of piperidine rings is 1. The Morgan fingerprint density at radius 3 is 3.08 bits per heavy atom. The lowest BCUT2D eigenvalue weighted by Gasteiger charge is -2.39. The first-order valence-corrected chi connectivity index (χ1v) is 8.82. The van der Waals surface area contributed by atoms with E-state index in [-0.39, 0.29) is 17.9 Å². The molecule has 6 heteroatoms. The van der Waals surface area contributed by atoms with Gasteiger partial charge in [0, 0.05) is 43.9 Å². The third-order valence-corrected chi connectivity index (χ3v) is 5.16. The summed E-state index contributed by atoms with van der Waals surface area (Å²) < 4.78 is 11.1. The second-order valence-corrected chi connectivity index (χ2v) is 6.83. The smallest absolute Gasteiger partial charge is 0.225 e. The summed E-state index contributed by atoms with van der Waals surface area (Å²) in [6, 6.07) is 7.70. The number of ether oxygens (including phenoxy) is 1. The number of likely N-dealkylation sites (tertiary alicyclic amines) is 1. The molecule has 4 heterocycles. The number of rotatable bonds is 5. The lowest BCUT2D eigenvalue weighted by Crippen LogP contribution is -2.52. The van der Waals surface area contributed by atoms with Crippen molar-refractivity contribution in [2.75, 3.05) is 19.7 Å². The number of carbonyl (C=O) groups is 1. The predicted octanol–water partition coefficient (Wildman–Crippen LogP) is 1.83. The number of furan rings is 1. The number of fused-ring (bicyclic) bond motifs is 1. The number of hydrogen-bond donors (Lipinski definition) is 1. The van der Waals surface area contributed by atoms with E-state index in [4.69, 9.17) is 9.15 Å². The number of amides is 1. The van der Waals surface area contributed by atoms with Crippen molar-refractivity contribution in [1.29, 1.82) is 0 Å². The maximum Gasteiger partial charge on any atom is 0.225 e. The number of nitrogens with one attached hydrogen (secondary N) is 1. The topological polar surface area (TPSA) is 67.6 Å². The summed E-state index contributed by atoms with van der Waals surface area (Å²) in [5, 5.41) is 3.06. The summed E-state index contributed by atoms with van der Waals surface area (Å²) in [5.41, 5.74) is 2.00. The number of carbonyl (C=O) groups excluding carboxylic acids is 1. The Kier molecular flexibility index (Phi) is 4.81. The minimum atomic E-state index is -0.0446. The molecule has 25 heavy (non-hydrogen) atoms. The zero-order valence-electron chi connectivity index (χ0n) is 14.1. The molecule has 2 saturated heterocycles. The fraction of sp³-hybridized carbons (Fsp3) is 0.474. The van der Waals surface area contributed by atoms with Gasteiger partial charge >= 0.3 is 0 Å². The zero-order chi connectivity index (χ0) is 17.1. The molecule has 0 aliphatic carbocycles. The molecule has 2 aromatic rings. The predicted molar refractivity (Wildman–Crippen MR) is 91.4 cm³/mol. The van der Waals surface area contributed by atoms with Crippen molar-refractivity contribution in [3.05, 3.63) is 54.2 Å². The van der Waals surface area contributed by atoms with E-state index in [9.17, 15) is 4.79 Å². The van der Waals surface area contributed by atoms with Gasteiger partial charge in [0.15, 0.2) is 0 Å². The van der Waals surface area contributed by atoms with Crippen LogP contribution in [0.25, 0.3) is 0 Å². The van der Waals surface area contributed by atoms with Crippen LogP contribution in [0.5, 0.6) is 0 Å². The van der Waals surface area contributed by atoms with E-state index >= 15 is 0 Å².